The minimum Gasteiger partial charge on any atom is -0.340 e. The maximum absolute atomic E-state index is 12.0. The van der Waals surface area contributed by atoms with Gasteiger partial charge in [-0.2, -0.15) is 0 Å². The van der Waals surface area contributed by atoms with Crippen molar-refractivity contribution in [3.8, 4) is 0 Å². The minimum absolute atomic E-state index is 0.362. The van der Waals surface area contributed by atoms with Crippen molar-refractivity contribution in [3.05, 3.63) is 34.9 Å². The van der Waals surface area contributed by atoms with Crippen LogP contribution in [-0.4, -0.2) is 41.9 Å². The van der Waals surface area contributed by atoms with Crippen molar-refractivity contribution < 1.29 is 4.79 Å². The van der Waals surface area contributed by atoms with Crippen LogP contribution in [0.25, 0.3) is 0 Å². The van der Waals surface area contributed by atoms with Crippen molar-refractivity contribution in [3.63, 3.8) is 0 Å². The fourth-order valence-electron chi connectivity index (χ4n) is 2.93. The van der Waals surface area contributed by atoms with Gasteiger partial charge >= 0.3 is 0 Å². The van der Waals surface area contributed by atoms with Crippen molar-refractivity contribution in [1.82, 2.24) is 9.80 Å². The first-order chi connectivity index (χ1) is 9.63. The number of nitrogens with zero attached hydrogens (tertiary/aromatic N) is 2. The summed E-state index contributed by atoms with van der Waals surface area (Å²) in [7, 11) is 0. The number of aryl methyl sites for hydroxylation is 2. The van der Waals surface area contributed by atoms with Crippen molar-refractivity contribution in [2.75, 3.05) is 26.2 Å². The van der Waals surface area contributed by atoms with Crippen LogP contribution in [0.2, 0.25) is 0 Å². The van der Waals surface area contributed by atoms with Crippen LogP contribution in [0.15, 0.2) is 18.2 Å². The van der Waals surface area contributed by atoms with Crippen molar-refractivity contribution >= 4 is 5.91 Å². The summed E-state index contributed by atoms with van der Waals surface area (Å²) in [5, 5.41) is 0. The van der Waals surface area contributed by atoms with E-state index < -0.39 is 0 Å². The highest BCUT2D eigenvalue weighted by molar-refractivity contribution is 5.81. The van der Waals surface area contributed by atoms with Gasteiger partial charge in [0.05, 0.1) is 0 Å². The van der Waals surface area contributed by atoms with E-state index in [2.05, 4.69) is 41.8 Å². The molecule has 0 radical (unpaired) electrons. The molecule has 0 aromatic heterocycles. The average Bonchev–Trinajstić information content (AvgIpc) is 3.27. The van der Waals surface area contributed by atoms with E-state index in [1.807, 2.05) is 0 Å². The van der Waals surface area contributed by atoms with Crippen molar-refractivity contribution in [2.24, 2.45) is 5.92 Å². The highest BCUT2D eigenvalue weighted by Gasteiger charge is 2.34. The number of rotatable bonds is 3. The van der Waals surface area contributed by atoms with Gasteiger partial charge in [-0.25, -0.2) is 0 Å². The molecule has 1 aliphatic heterocycles. The molecule has 0 unspecified atom stereocenters. The SMILES string of the molecule is Cc1ccc(C)c(CN2CCN(C(=O)C3CC3)CC2)c1. The normalized spacial score (nSPS) is 20.2. The second kappa shape index (κ2) is 5.57. The second-order valence-corrected chi connectivity index (χ2v) is 6.31. The van der Waals surface area contributed by atoms with Crippen LogP contribution in [0.3, 0.4) is 0 Å². The first-order valence-electron chi connectivity index (χ1n) is 7.71. The van der Waals surface area contributed by atoms with Gasteiger partial charge in [0, 0.05) is 38.6 Å². The molecule has 1 saturated heterocycles. The zero-order valence-electron chi connectivity index (χ0n) is 12.6. The lowest BCUT2D eigenvalue weighted by molar-refractivity contribution is -0.134. The molecule has 0 spiro atoms. The summed E-state index contributed by atoms with van der Waals surface area (Å²) in [6.45, 7) is 9.16. The summed E-state index contributed by atoms with van der Waals surface area (Å²) >= 11 is 0. The van der Waals surface area contributed by atoms with E-state index >= 15 is 0 Å². The Morgan fingerprint density at radius 3 is 2.50 bits per heavy atom. The third-order valence-corrected chi connectivity index (χ3v) is 4.51. The molecule has 20 heavy (non-hydrogen) atoms. The molecule has 0 bridgehead atoms. The molecule has 3 rings (SSSR count). The molecule has 3 heteroatoms. The third-order valence-electron chi connectivity index (χ3n) is 4.51. The Kier molecular flexibility index (Phi) is 3.79. The van der Waals surface area contributed by atoms with Gasteiger partial charge < -0.3 is 4.90 Å². The first-order valence-corrected chi connectivity index (χ1v) is 7.71. The molecule has 1 heterocycles. The van der Waals surface area contributed by atoms with Crippen molar-refractivity contribution in [2.45, 2.75) is 33.2 Å². The van der Waals surface area contributed by atoms with Crippen LogP contribution < -0.4 is 0 Å². The number of benzene rings is 1. The summed E-state index contributed by atoms with van der Waals surface area (Å²) in [4.78, 5) is 16.6. The second-order valence-electron chi connectivity index (χ2n) is 6.31. The van der Waals surface area contributed by atoms with E-state index in [1.165, 1.54) is 16.7 Å². The molecule has 1 aromatic carbocycles. The Labute approximate surface area is 121 Å². The summed E-state index contributed by atoms with van der Waals surface area (Å²) in [5.41, 5.74) is 4.12. The fraction of sp³-hybridized carbons (Fsp3) is 0.588. The zero-order chi connectivity index (χ0) is 14.1. The predicted molar refractivity (Wildman–Crippen MR) is 80.5 cm³/mol. The summed E-state index contributed by atoms with van der Waals surface area (Å²) in [6, 6.07) is 6.67. The smallest absolute Gasteiger partial charge is 0.225 e. The van der Waals surface area contributed by atoms with Gasteiger partial charge in [0.25, 0.3) is 0 Å². The molecule has 0 N–H and O–H groups in total. The standard InChI is InChI=1S/C17H24N2O/c1-13-3-4-14(2)16(11-13)12-18-7-9-19(10-8-18)17(20)15-5-6-15/h3-4,11,15H,5-10,12H2,1-2H3. The van der Waals surface area contributed by atoms with Crippen LogP contribution >= 0.6 is 0 Å². The maximum Gasteiger partial charge on any atom is 0.225 e. The van der Waals surface area contributed by atoms with E-state index in [1.54, 1.807) is 0 Å². The van der Waals surface area contributed by atoms with E-state index in [9.17, 15) is 4.79 Å². The lowest BCUT2D eigenvalue weighted by atomic mass is 10.0. The molecule has 1 saturated carbocycles. The Morgan fingerprint density at radius 1 is 1.15 bits per heavy atom. The molecular formula is C17H24N2O. The third kappa shape index (κ3) is 3.04. The Bertz CT molecular complexity index is 500. The molecular weight excluding hydrogens is 248 g/mol. The summed E-state index contributed by atoms with van der Waals surface area (Å²) in [6.07, 6.45) is 2.23. The number of hydrogen-bond acceptors (Lipinski definition) is 2. The molecule has 1 aromatic rings. The van der Waals surface area contributed by atoms with Gasteiger partial charge in [-0.15, -0.1) is 0 Å². The van der Waals surface area contributed by atoms with Gasteiger partial charge in [-0.1, -0.05) is 23.8 Å². The van der Waals surface area contributed by atoms with Gasteiger partial charge in [0.15, 0.2) is 0 Å². The lowest BCUT2D eigenvalue weighted by Gasteiger charge is -2.35. The molecule has 1 aliphatic carbocycles. The topological polar surface area (TPSA) is 23.6 Å². The van der Waals surface area contributed by atoms with Gasteiger partial charge in [0.2, 0.25) is 5.91 Å². The summed E-state index contributed by atoms with van der Waals surface area (Å²) < 4.78 is 0. The Morgan fingerprint density at radius 2 is 1.85 bits per heavy atom. The van der Waals surface area contributed by atoms with Crippen LogP contribution in [0, 0.1) is 19.8 Å². The zero-order valence-corrected chi connectivity index (χ0v) is 12.6. The van der Waals surface area contributed by atoms with E-state index in [0.717, 1.165) is 45.6 Å². The van der Waals surface area contributed by atoms with Gasteiger partial charge in [0.1, 0.15) is 0 Å². The molecule has 0 atom stereocenters. The number of amides is 1. The lowest BCUT2D eigenvalue weighted by Crippen LogP contribution is -2.48. The van der Waals surface area contributed by atoms with Crippen LogP contribution in [0.1, 0.15) is 29.5 Å². The fourth-order valence-corrected chi connectivity index (χ4v) is 2.93. The van der Waals surface area contributed by atoms with E-state index in [-0.39, 0.29) is 0 Å². The number of carbonyl (C=O) groups excluding carboxylic acids is 1. The van der Waals surface area contributed by atoms with Gasteiger partial charge in [-0.05, 0) is 37.8 Å². The van der Waals surface area contributed by atoms with Crippen LogP contribution in [0.5, 0.6) is 0 Å². The highest BCUT2D eigenvalue weighted by atomic mass is 16.2. The minimum atomic E-state index is 0.362. The number of carbonyl (C=O) groups is 1. The molecule has 2 fully saturated rings. The summed E-state index contributed by atoms with van der Waals surface area (Å²) in [5.74, 6) is 0.761. The number of piperazine rings is 1. The number of hydrogen-bond donors (Lipinski definition) is 0. The van der Waals surface area contributed by atoms with Crippen molar-refractivity contribution in [1.29, 1.82) is 0 Å². The Hall–Kier alpha value is -1.35. The monoisotopic (exact) mass is 272 g/mol. The van der Waals surface area contributed by atoms with Gasteiger partial charge in [-0.3, -0.25) is 9.69 Å². The molecule has 108 valence electrons. The molecule has 2 aliphatic rings. The first kappa shape index (κ1) is 13.6. The van der Waals surface area contributed by atoms with E-state index in [4.69, 9.17) is 0 Å². The average molecular weight is 272 g/mol. The quantitative estimate of drug-likeness (QED) is 0.843. The van der Waals surface area contributed by atoms with Crippen LogP contribution in [-0.2, 0) is 11.3 Å². The predicted octanol–water partition coefficient (Wildman–Crippen LogP) is 2.36. The molecule has 3 nitrogen and oxygen atoms in total. The van der Waals surface area contributed by atoms with Crippen LogP contribution in [0.4, 0.5) is 0 Å². The van der Waals surface area contributed by atoms with E-state index in [0.29, 0.717) is 11.8 Å². The highest BCUT2D eigenvalue weighted by Crippen LogP contribution is 2.31. The Balaban J connectivity index is 1.55. The largest absolute Gasteiger partial charge is 0.340 e. The maximum atomic E-state index is 12.0. The molecule has 1 amide bonds.